The lowest BCUT2D eigenvalue weighted by Gasteiger charge is -2.21. The van der Waals surface area contributed by atoms with Gasteiger partial charge in [-0.1, -0.05) is 6.92 Å². The van der Waals surface area contributed by atoms with Crippen LogP contribution in [0.5, 0.6) is 0 Å². The molecule has 1 saturated carbocycles. The Balaban J connectivity index is 1.73. The fraction of sp³-hybridized carbons (Fsp3) is 0.900. The molecule has 0 aromatic heterocycles. The van der Waals surface area contributed by atoms with E-state index in [1.165, 1.54) is 0 Å². The van der Waals surface area contributed by atoms with Gasteiger partial charge in [0.05, 0.1) is 5.60 Å². The molecular weight excluding hydrogens is 180 g/mol. The molecule has 1 heterocycles. The zero-order valence-electron chi connectivity index (χ0n) is 8.55. The second-order valence-electron chi connectivity index (χ2n) is 4.69. The van der Waals surface area contributed by atoms with Crippen LogP contribution >= 0.6 is 0 Å². The average Bonchev–Trinajstić information content (AvgIpc) is 2.71. The molecule has 1 amide bonds. The van der Waals surface area contributed by atoms with Crippen LogP contribution in [0.4, 0.5) is 0 Å². The molecule has 2 rings (SSSR count). The molecule has 0 radical (unpaired) electrons. The van der Waals surface area contributed by atoms with Gasteiger partial charge in [-0.15, -0.1) is 0 Å². The normalized spacial score (nSPS) is 41.0. The van der Waals surface area contributed by atoms with Crippen LogP contribution in [0.15, 0.2) is 0 Å². The van der Waals surface area contributed by atoms with Crippen LogP contribution in [-0.4, -0.2) is 36.2 Å². The summed E-state index contributed by atoms with van der Waals surface area (Å²) < 4.78 is 0. The summed E-state index contributed by atoms with van der Waals surface area (Å²) in [5.41, 5.74) is -0.714. The van der Waals surface area contributed by atoms with E-state index < -0.39 is 5.60 Å². The molecule has 3 unspecified atom stereocenters. The fourth-order valence-electron chi connectivity index (χ4n) is 1.95. The zero-order chi connectivity index (χ0) is 10.2. The third kappa shape index (κ3) is 2.07. The molecule has 0 aromatic rings. The van der Waals surface area contributed by atoms with Gasteiger partial charge < -0.3 is 15.7 Å². The Hall–Kier alpha value is -0.610. The predicted molar refractivity (Wildman–Crippen MR) is 52.7 cm³/mol. The summed E-state index contributed by atoms with van der Waals surface area (Å²) in [6.45, 7) is 3.90. The van der Waals surface area contributed by atoms with Gasteiger partial charge in [-0.2, -0.15) is 0 Å². The summed E-state index contributed by atoms with van der Waals surface area (Å²) >= 11 is 0. The Labute approximate surface area is 84.1 Å². The molecule has 0 spiro atoms. The lowest BCUT2D eigenvalue weighted by atomic mass is 10.0. The maximum absolute atomic E-state index is 11.5. The van der Waals surface area contributed by atoms with E-state index in [1.807, 2.05) is 0 Å². The largest absolute Gasteiger partial charge is 0.387 e. The van der Waals surface area contributed by atoms with Crippen molar-refractivity contribution in [1.29, 1.82) is 0 Å². The van der Waals surface area contributed by atoms with E-state index in [-0.39, 0.29) is 11.8 Å². The fourth-order valence-corrected chi connectivity index (χ4v) is 1.95. The molecule has 14 heavy (non-hydrogen) atoms. The summed E-state index contributed by atoms with van der Waals surface area (Å²) in [7, 11) is 0. The van der Waals surface area contributed by atoms with E-state index in [0.29, 0.717) is 19.0 Å². The van der Waals surface area contributed by atoms with Crippen molar-refractivity contribution in [2.75, 3.05) is 19.6 Å². The van der Waals surface area contributed by atoms with Crippen molar-refractivity contribution in [3.63, 3.8) is 0 Å². The van der Waals surface area contributed by atoms with Crippen LogP contribution in [0.2, 0.25) is 0 Å². The van der Waals surface area contributed by atoms with Crippen molar-refractivity contribution in [3.05, 3.63) is 0 Å². The first kappa shape index (κ1) is 9.93. The summed E-state index contributed by atoms with van der Waals surface area (Å²) in [5, 5.41) is 15.8. The lowest BCUT2D eigenvalue weighted by Crippen LogP contribution is -2.44. The van der Waals surface area contributed by atoms with Crippen molar-refractivity contribution in [3.8, 4) is 0 Å². The van der Waals surface area contributed by atoms with E-state index in [0.717, 1.165) is 19.4 Å². The van der Waals surface area contributed by atoms with E-state index in [1.54, 1.807) is 0 Å². The predicted octanol–water partition coefficient (Wildman–Crippen LogP) is -0.517. The third-order valence-electron chi connectivity index (χ3n) is 3.26. The number of nitrogens with one attached hydrogen (secondary N) is 2. The van der Waals surface area contributed by atoms with E-state index in [2.05, 4.69) is 17.6 Å². The minimum Gasteiger partial charge on any atom is -0.387 e. The SMILES string of the molecule is CC1CC1C(=O)NCC1(O)CCNC1. The molecule has 1 aliphatic heterocycles. The molecule has 80 valence electrons. The number of rotatable bonds is 3. The monoisotopic (exact) mass is 198 g/mol. The molecular formula is C10H18N2O2. The second-order valence-corrected chi connectivity index (χ2v) is 4.69. The van der Waals surface area contributed by atoms with Crippen molar-refractivity contribution in [1.82, 2.24) is 10.6 Å². The van der Waals surface area contributed by atoms with Crippen molar-refractivity contribution >= 4 is 5.91 Å². The van der Waals surface area contributed by atoms with Gasteiger partial charge in [0.1, 0.15) is 0 Å². The summed E-state index contributed by atoms with van der Waals surface area (Å²) in [4.78, 5) is 11.5. The van der Waals surface area contributed by atoms with Crippen LogP contribution in [0.3, 0.4) is 0 Å². The first-order chi connectivity index (χ1) is 6.61. The number of amides is 1. The van der Waals surface area contributed by atoms with E-state index in [4.69, 9.17) is 0 Å². The minimum atomic E-state index is -0.714. The lowest BCUT2D eigenvalue weighted by molar-refractivity contribution is -0.123. The highest BCUT2D eigenvalue weighted by Crippen LogP contribution is 2.37. The zero-order valence-corrected chi connectivity index (χ0v) is 8.55. The highest BCUT2D eigenvalue weighted by molar-refractivity contribution is 5.81. The van der Waals surface area contributed by atoms with Crippen molar-refractivity contribution in [2.24, 2.45) is 11.8 Å². The quantitative estimate of drug-likeness (QED) is 0.572. The number of aliphatic hydroxyl groups is 1. The molecule has 0 bridgehead atoms. The number of carbonyl (C=O) groups is 1. The topological polar surface area (TPSA) is 61.4 Å². The van der Waals surface area contributed by atoms with Crippen LogP contribution in [0, 0.1) is 11.8 Å². The maximum atomic E-state index is 11.5. The average molecular weight is 198 g/mol. The Bertz CT molecular complexity index is 236. The Kier molecular flexibility index (Phi) is 2.49. The Morgan fingerprint density at radius 1 is 1.71 bits per heavy atom. The Morgan fingerprint density at radius 2 is 2.43 bits per heavy atom. The molecule has 1 saturated heterocycles. The first-order valence-corrected chi connectivity index (χ1v) is 5.31. The highest BCUT2D eigenvalue weighted by Gasteiger charge is 2.40. The molecule has 3 N–H and O–H groups in total. The van der Waals surface area contributed by atoms with Gasteiger partial charge in [0.25, 0.3) is 0 Å². The van der Waals surface area contributed by atoms with Gasteiger partial charge in [0.15, 0.2) is 0 Å². The smallest absolute Gasteiger partial charge is 0.223 e. The van der Waals surface area contributed by atoms with Crippen molar-refractivity contribution < 1.29 is 9.90 Å². The molecule has 2 aliphatic rings. The van der Waals surface area contributed by atoms with Gasteiger partial charge in [0, 0.05) is 19.0 Å². The van der Waals surface area contributed by atoms with Gasteiger partial charge in [-0.25, -0.2) is 0 Å². The van der Waals surface area contributed by atoms with Crippen LogP contribution in [0.1, 0.15) is 19.8 Å². The molecule has 2 fully saturated rings. The van der Waals surface area contributed by atoms with E-state index in [9.17, 15) is 9.90 Å². The number of β-amino-alcohol motifs (C(OH)–C–C–N with tert-alkyl or cyclic N) is 1. The standard InChI is InChI=1S/C10H18N2O2/c1-7-4-8(7)9(13)12-6-10(14)2-3-11-5-10/h7-8,11,14H,2-6H2,1H3,(H,12,13). The second kappa shape index (κ2) is 3.51. The number of hydrogen-bond donors (Lipinski definition) is 3. The molecule has 1 aliphatic carbocycles. The van der Waals surface area contributed by atoms with E-state index >= 15 is 0 Å². The minimum absolute atomic E-state index is 0.109. The molecule has 0 aromatic carbocycles. The summed E-state index contributed by atoms with van der Waals surface area (Å²) in [6, 6.07) is 0. The number of carbonyl (C=O) groups excluding carboxylic acids is 1. The maximum Gasteiger partial charge on any atom is 0.223 e. The van der Waals surface area contributed by atoms with Crippen LogP contribution < -0.4 is 10.6 Å². The van der Waals surface area contributed by atoms with Gasteiger partial charge in [0.2, 0.25) is 5.91 Å². The molecule has 4 heteroatoms. The number of hydrogen-bond acceptors (Lipinski definition) is 3. The van der Waals surface area contributed by atoms with Crippen LogP contribution in [-0.2, 0) is 4.79 Å². The third-order valence-corrected chi connectivity index (χ3v) is 3.26. The Morgan fingerprint density at radius 3 is 2.93 bits per heavy atom. The van der Waals surface area contributed by atoms with Gasteiger partial charge >= 0.3 is 0 Å². The van der Waals surface area contributed by atoms with Crippen LogP contribution in [0.25, 0.3) is 0 Å². The van der Waals surface area contributed by atoms with Gasteiger partial charge in [-0.3, -0.25) is 4.79 Å². The van der Waals surface area contributed by atoms with Gasteiger partial charge in [-0.05, 0) is 25.3 Å². The first-order valence-electron chi connectivity index (χ1n) is 5.31. The highest BCUT2D eigenvalue weighted by atomic mass is 16.3. The molecule has 3 atom stereocenters. The molecule has 4 nitrogen and oxygen atoms in total. The summed E-state index contributed by atoms with van der Waals surface area (Å²) in [6.07, 6.45) is 1.73. The van der Waals surface area contributed by atoms with Crippen molar-refractivity contribution in [2.45, 2.75) is 25.4 Å². The summed E-state index contributed by atoms with van der Waals surface area (Å²) in [5.74, 6) is 0.845.